The molecule has 2 heterocycles. The maximum atomic E-state index is 12.6. The van der Waals surface area contributed by atoms with Gasteiger partial charge in [-0.05, 0) is 38.5 Å². The maximum Gasteiger partial charge on any atom is 0.208 e. The molecule has 0 fully saturated rings. The Morgan fingerprint density at radius 1 is 1.11 bits per heavy atom. The van der Waals surface area contributed by atoms with Gasteiger partial charge in [-0.25, -0.2) is 0 Å². The molecule has 0 spiro atoms. The largest absolute Gasteiger partial charge is 0.493 e. The summed E-state index contributed by atoms with van der Waals surface area (Å²) in [6, 6.07) is 11.7. The summed E-state index contributed by atoms with van der Waals surface area (Å²) < 4.78 is 5.90. The Hall–Kier alpha value is -2.59. The molecule has 0 aliphatic rings. The van der Waals surface area contributed by atoms with Gasteiger partial charge >= 0.3 is 0 Å². The first-order valence-corrected chi connectivity index (χ1v) is 9.48. The highest BCUT2D eigenvalue weighted by Gasteiger charge is 2.14. The summed E-state index contributed by atoms with van der Waals surface area (Å²) >= 11 is 6.13. The van der Waals surface area contributed by atoms with Crippen LogP contribution in [0.4, 0.5) is 0 Å². The molecule has 0 unspecified atom stereocenters. The van der Waals surface area contributed by atoms with Crippen LogP contribution in [0.5, 0.6) is 5.75 Å². The maximum absolute atomic E-state index is 12.6. The number of nitrogens with zero attached hydrogens (tertiary/aromatic N) is 1. The zero-order chi connectivity index (χ0) is 19.4. The van der Waals surface area contributed by atoms with Gasteiger partial charge in [0.15, 0.2) is 0 Å². The number of aromatic amines is 1. The number of pyridine rings is 2. The molecule has 0 atom stereocenters. The molecule has 3 aromatic rings. The lowest BCUT2D eigenvalue weighted by molar-refractivity contribution is 0.310. The van der Waals surface area contributed by atoms with Gasteiger partial charge in [-0.3, -0.25) is 9.78 Å². The van der Waals surface area contributed by atoms with E-state index >= 15 is 0 Å². The Bertz CT molecular complexity index is 994. The predicted octanol–water partition coefficient (Wildman–Crippen LogP) is 5.55. The fraction of sp³-hybridized carbons (Fsp3) is 0.273. The molecular weight excluding hydrogens is 360 g/mol. The van der Waals surface area contributed by atoms with Gasteiger partial charge in [-0.2, -0.15) is 0 Å². The van der Waals surface area contributed by atoms with Crippen molar-refractivity contribution in [3.63, 3.8) is 0 Å². The summed E-state index contributed by atoms with van der Waals surface area (Å²) in [4.78, 5) is 20.3. The number of rotatable bonds is 6. The van der Waals surface area contributed by atoms with Gasteiger partial charge < -0.3 is 9.72 Å². The molecule has 0 aliphatic heterocycles. The number of unbranched alkanes of at least 4 members (excludes halogenated alkanes) is 1. The Balaban J connectivity index is 1.96. The molecule has 0 saturated carbocycles. The SMILES string of the molecule is CCCCOc1ccccc1-c1ccc(-c2c(C)[nH]c(C)c(Cl)c2=O)cn1. The van der Waals surface area contributed by atoms with Gasteiger partial charge in [0.25, 0.3) is 0 Å². The minimum Gasteiger partial charge on any atom is -0.493 e. The molecule has 5 heteroatoms. The highest BCUT2D eigenvalue weighted by molar-refractivity contribution is 6.31. The number of ether oxygens (including phenoxy) is 1. The van der Waals surface area contributed by atoms with Crippen molar-refractivity contribution in [1.82, 2.24) is 9.97 Å². The first-order chi connectivity index (χ1) is 13.0. The lowest BCUT2D eigenvalue weighted by Gasteiger charge is -2.12. The summed E-state index contributed by atoms with van der Waals surface area (Å²) in [5, 5.41) is 0.217. The zero-order valence-electron chi connectivity index (χ0n) is 15.8. The Labute approximate surface area is 164 Å². The molecule has 2 aromatic heterocycles. The zero-order valence-corrected chi connectivity index (χ0v) is 16.6. The molecule has 3 rings (SSSR count). The van der Waals surface area contributed by atoms with Crippen LogP contribution in [-0.2, 0) is 0 Å². The molecule has 0 aliphatic carbocycles. The van der Waals surface area contributed by atoms with Crippen molar-refractivity contribution in [3.8, 4) is 28.1 Å². The number of H-pyrrole nitrogens is 1. The van der Waals surface area contributed by atoms with Crippen LogP contribution in [-0.4, -0.2) is 16.6 Å². The molecule has 0 amide bonds. The van der Waals surface area contributed by atoms with Crippen LogP contribution in [0.1, 0.15) is 31.2 Å². The fourth-order valence-corrected chi connectivity index (χ4v) is 3.17. The summed E-state index contributed by atoms with van der Waals surface area (Å²) in [6.07, 6.45) is 3.81. The molecule has 0 radical (unpaired) electrons. The smallest absolute Gasteiger partial charge is 0.208 e. The molecule has 0 saturated heterocycles. The van der Waals surface area contributed by atoms with Crippen molar-refractivity contribution in [3.05, 3.63) is 69.2 Å². The first-order valence-electron chi connectivity index (χ1n) is 9.10. The Morgan fingerprint density at radius 2 is 1.89 bits per heavy atom. The second kappa shape index (κ2) is 8.40. The number of nitrogens with one attached hydrogen (secondary N) is 1. The van der Waals surface area contributed by atoms with Gasteiger partial charge in [-0.15, -0.1) is 0 Å². The van der Waals surface area contributed by atoms with Crippen LogP contribution in [0.3, 0.4) is 0 Å². The van der Waals surface area contributed by atoms with E-state index in [0.29, 0.717) is 17.9 Å². The summed E-state index contributed by atoms with van der Waals surface area (Å²) in [6.45, 7) is 6.47. The van der Waals surface area contributed by atoms with Crippen molar-refractivity contribution in [2.75, 3.05) is 6.61 Å². The van der Waals surface area contributed by atoms with Gasteiger partial charge in [-0.1, -0.05) is 43.1 Å². The molecule has 27 heavy (non-hydrogen) atoms. The second-order valence-corrected chi connectivity index (χ2v) is 6.90. The fourth-order valence-electron chi connectivity index (χ4n) is 3.03. The quantitative estimate of drug-likeness (QED) is 0.568. The average molecular weight is 383 g/mol. The highest BCUT2D eigenvalue weighted by Crippen LogP contribution is 2.30. The average Bonchev–Trinajstić information content (AvgIpc) is 2.67. The van der Waals surface area contributed by atoms with Gasteiger partial charge in [0.1, 0.15) is 10.8 Å². The van der Waals surface area contributed by atoms with Crippen LogP contribution in [0.15, 0.2) is 47.4 Å². The van der Waals surface area contributed by atoms with Crippen LogP contribution >= 0.6 is 11.6 Å². The predicted molar refractivity (Wildman–Crippen MR) is 111 cm³/mol. The van der Waals surface area contributed by atoms with Crippen molar-refractivity contribution in [2.45, 2.75) is 33.6 Å². The van der Waals surface area contributed by atoms with Crippen molar-refractivity contribution < 1.29 is 4.74 Å². The minimum atomic E-state index is -0.178. The second-order valence-electron chi connectivity index (χ2n) is 6.52. The highest BCUT2D eigenvalue weighted by atomic mass is 35.5. The molecular formula is C22H23ClN2O2. The minimum absolute atomic E-state index is 0.178. The standard InChI is InChI=1S/C22H23ClN2O2/c1-4-5-12-27-19-9-7-6-8-17(19)18-11-10-16(13-24-18)20-14(2)25-15(3)21(23)22(20)26/h6-11,13H,4-5,12H2,1-3H3,(H,25,26). The van der Waals surface area contributed by atoms with Gasteiger partial charge in [0.2, 0.25) is 5.43 Å². The molecule has 4 nitrogen and oxygen atoms in total. The number of aryl methyl sites for hydroxylation is 2. The molecule has 0 bridgehead atoms. The topological polar surface area (TPSA) is 55.0 Å². The lowest BCUT2D eigenvalue weighted by atomic mass is 10.0. The van der Waals surface area contributed by atoms with E-state index in [1.54, 1.807) is 13.1 Å². The van der Waals surface area contributed by atoms with E-state index in [2.05, 4.69) is 16.9 Å². The Kier molecular flexibility index (Phi) is 5.97. The van der Waals surface area contributed by atoms with E-state index in [0.717, 1.165) is 41.1 Å². The van der Waals surface area contributed by atoms with E-state index < -0.39 is 0 Å². The van der Waals surface area contributed by atoms with Crippen molar-refractivity contribution >= 4 is 11.6 Å². The first kappa shape index (κ1) is 19.2. The van der Waals surface area contributed by atoms with E-state index in [1.807, 2.05) is 43.3 Å². The Morgan fingerprint density at radius 3 is 2.59 bits per heavy atom. The van der Waals surface area contributed by atoms with E-state index in [9.17, 15) is 4.79 Å². The third-order valence-corrected chi connectivity index (χ3v) is 4.93. The normalized spacial score (nSPS) is 10.8. The van der Waals surface area contributed by atoms with Crippen molar-refractivity contribution in [2.24, 2.45) is 0 Å². The van der Waals surface area contributed by atoms with E-state index in [-0.39, 0.29) is 10.5 Å². The summed E-state index contributed by atoms with van der Waals surface area (Å²) in [7, 11) is 0. The van der Waals surface area contributed by atoms with Crippen molar-refractivity contribution in [1.29, 1.82) is 0 Å². The third-order valence-electron chi connectivity index (χ3n) is 4.48. The van der Waals surface area contributed by atoms with Crippen LogP contribution in [0.2, 0.25) is 5.02 Å². The number of para-hydroxylation sites is 1. The number of hydrogen-bond donors (Lipinski definition) is 1. The third kappa shape index (κ3) is 4.06. The van der Waals surface area contributed by atoms with Crippen LogP contribution < -0.4 is 10.2 Å². The number of hydrogen-bond acceptors (Lipinski definition) is 3. The van der Waals surface area contributed by atoms with E-state index in [4.69, 9.17) is 16.3 Å². The van der Waals surface area contributed by atoms with Crippen LogP contribution in [0.25, 0.3) is 22.4 Å². The number of halogens is 1. The number of benzene rings is 1. The summed E-state index contributed by atoms with van der Waals surface area (Å²) in [5.74, 6) is 0.818. The lowest BCUT2D eigenvalue weighted by Crippen LogP contribution is -2.11. The molecule has 1 aromatic carbocycles. The molecule has 140 valence electrons. The summed E-state index contributed by atoms with van der Waals surface area (Å²) in [5.41, 5.74) is 4.31. The van der Waals surface area contributed by atoms with Gasteiger partial charge in [0, 0.05) is 28.7 Å². The van der Waals surface area contributed by atoms with Crippen LogP contribution in [0, 0.1) is 13.8 Å². The van der Waals surface area contributed by atoms with E-state index in [1.165, 1.54) is 0 Å². The number of aromatic nitrogens is 2. The monoisotopic (exact) mass is 382 g/mol. The molecule has 1 N–H and O–H groups in total. The van der Waals surface area contributed by atoms with Gasteiger partial charge in [0.05, 0.1) is 17.9 Å².